The molecule has 4 rings (SSSR count). The van der Waals surface area contributed by atoms with Crippen LogP contribution in [0.5, 0.6) is 0 Å². The topological polar surface area (TPSA) is 0 Å². The SMILES string of the molecule is Cc1c(C2=CC=CC2)c(C(C)(C)C)[c-]c2c1-c1ccc(C(C)(C)C)cc1C2.[CH3-].[CH3-].[Si]=[Zr]. The molecule has 2 aromatic carbocycles. The first-order valence-corrected chi connectivity index (χ1v) is 14.6. The van der Waals surface area contributed by atoms with Crippen LogP contribution in [0.15, 0.2) is 36.4 Å². The van der Waals surface area contributed by atoms with Crippen LogP contribution >= 0.6 is 0 Å². The maximum atomic E-state index is 3.89. The first kappa shape index (κ1) is 28.1. The minimum absolute atomic E-state index is 0. The molecular weight excluding hydrogens is 468 g/mol. The van der Waals surface area contributed by atoms with Gasteiger partial charge in [-0.3, -0.25) is 0 Å². The Morgan fingerprint density at radius 3 is 2.10 bits per heavy atom. The van der Waals surface area contributed by atoms with Gasteiger partial charge in [0.05, 0.1) is 0 Å². The molecule has 0 unspecified atom stereocenters. The molecule has 31 heavy (non-hydrogen) atoms. The van der Waals surface area contributed by atoms with Crippen molar-refractivity contribution >= 4 is 12.5 Å². The van der Waals surface area contributed by atoms with Gasteiger partial charge >= 0.3 is 30.2 Å². The molecule has 2 radical (unpaired) electrons. The molecule has 0 bridgehead atoms. The fourth-order valence-electron chi connectivity index (χ4n) is 4.55. The van der Waals surface area contributed by atoms with Gasteiger partial charge in [0.25, 0.3) is 0 Å². The molecule has 164 valence electrons. The molecule has 0 saturated carbocycles. The quantitative estimate of drug-likeness (QED) is 0.234. The first-order chi connectivity index (χ1) is 13.6. The van der Waals surface area contributed by atoms with Crippen molar-refractivity contribution in [3.63, 3.8) is 0 Å². The average molecular weight is 505 g/mol. The Bertz CT molecular complexity index is 1010. The van der Waals surface area contributed by atoms with Crippen LogP contribution in [0.2, 0.25) is 0 Å². The zero-order valence-electron chi connectivity index (χ0n) is 20.9. The molecule has 0 N–H and O–H groups in total. The van der Waals surface area contributed by atoms with Crippen LogP contribution in [0, 0.1) is 27.8 Å². The monoisotopic (exact) mass is 503 g/mol. The molecule has 0 atom stereocenters. The summed E-state index contributed by atoms with van der Waals surface area (Å²) in [5.41, 5.74) is 13.1. The Hall–Kier alpha value is -0.980. The van der Waals surface area contributed by atoms with E-state index in [4.69, 9.17) is 0 Å². The Morgan fingerprint density at radius 1 is 0.935 bits per heavy atom. The van der Waals surface area contributed by atoms with Gasteiger partial charge in [0.1, 0.15) is 0 Å². The van der Waals surface area contributed by atoms with Crippen molar-refractivity contribution in [1.29, 1.82) is 0 Å². The van der Waals surface area contributed by atoms with Crippen LogP contribution in [0.4, 0.5) is 0 Å². The molecule has 2 heteroatoms. The molecule has 0 aromatic heterocycles. The molecule has 0 aliphatic heterocycles. The van der Waals surface area contributed by atoms with E-state index in [-0.39, 0.29) is 25.7 Å². The Kier molecular flexibility index (Phi) is 9.33. The molecule has 0 amide bonds. The van der Waals surface area contributed by atoms with Gasteiger partial charge in [-0.1, -0.05) is 96.0 Å². The Balaban J connectivity index is 0.00000117. The second-order valence-corrected chi connectivity index (χ2v) is 10.2. The summed E-state index contributed by atoms with van der Waals surface area (Å²) in [6, 6.07) is 11.0. The molecular formula is C29H37SiZr-3. The molecule has 2 aromatic rings. The Morgan fingerprint density at radius 2 is 1.58 bits per heavy atom. The summed E-state index contributed by atoms with van der Waals surface area (Å²) in [6.45, 7) is 19.2. The summed E-state index contributed by atoms with van der Waals surface area (Å²) in [6.07, 6.45) is 8.79. The fraction of sp³-hybridized carbons (Fsp3) is 0.379. The summed E-state index contributed by atoms with van der Waals surface area (Å²) in [7, 11) is 0. The van der Waals surface area contributed by atoms with E-state index in [1.807, 2.05) is 0 Å². The summed E-state index contributed by atoms with van der Waals surface area (Å²) >= 11 is 1.36. The van der Waals surface area contributed by atoms with Gasteiger partial charge < -0.3 is 14.9 Å². The Labute approximate surface area is 208 Å². The van der Waals surface area contributed by atoms with Crippen molar-refractivity contribution in [2.75, 3.05) is 0 Å². The van der Waals surface area contributed by atoms with Gasteiger partial charge in [0, 0.05) is 0 Å². The van der Waals surface area contributed by atoms with Gasteiger partial charge in [0.15, 0.2) is 0 Å². The van der Waals surface area contributed by atoms with Crippen LogP contribution in [0.3, 0.4) is 0 Å². The zero-order chi connectivity index (χ0) is 21.6. The first-order valence-electron chi connectivity index (χ1n) is 10.4. The number of hydrogen-bond acceptors (Lipinski definition) is 0. The maximum absolute atomic E-state index is 3.89. The summed E-state index contributed by atoms with van der Waals surface area (Å²) in [5.74, 6) is 0. The third kappa shape index (κ3) is 5.33. The molecule has 0 saturated heterocycles. The van der Waals surface area contributed by atoms with Gasteiger partial charge in [-0.05, 0) is 34.8 Å². The number of fused-ring (bicyclic) bond motifs is 3. The van der Waals surface area contributed by atoms with E-state index in [1.54, 1.807) is 0 Å². The van der Waals surface area contributed by atoms with Crippen molar-refractivity contribution in [3.8, 4) is 11.1 Å². The summed E-state index contributed by atoms with van der Waals surface area (Å²) < 4.78 is 0. The van der Waals surface area contributed by atoms with Gasteiger partial charge in [0.2, 0.25) is 0 Å². The molecule has 2 aliphatic rings. The standard InChI is InChI=1S/C27H31.2CH3.Si.Zr/c1-17-24-20(14-19-15-21(26(2,3)4)12-13-22(19)24)16-23(27(5,6)7)25(17)18-10-8-9-11-18;;;;/h8-10,12-13,15H,11,14H2,1-7H3;2*1H3;;/q3*-1;;. The van der Waals surface area contributed by atoms with Crippen molar-refractivity contribution in [2.45, 2.75) is 72.1 Å². The van der Waals surface area contributed by atoms with Gasteiger partial charge in [-0.2, -0.15) is 6.07 Å². The molecule has 0 fully saturated rings. The second kappa shape index (κ2) is 10.3. The average Bonchev–Trinajstić information content (AvgIpc) is 3.28. The number of hydrogen-bond donors (Lipinski definition) is 0. The number of allylic oxidation sites excluding steroid dienone is 4. The predicted octanol–water partition coefficient (Wildman–Crippen LogP) is 7.82. The third-order valence-electron chi connectivity index (χ3n) is 6.03. The summed E-state index contributed by atoms with van der Waals surface area (Å²) in [5, 5.41) is 0. The molecule has 0 spiro atoms. The van der Waals surface area contributed by atoms with Crippen LogP contribution < -0.4 is 0 Å². The van der Waals surface area contributed by atoms with E-state index in [2.05, 4.69) is 97.8 Å². The van der Waals surface area contributed by atoms with Crippen LogP contribution in [-0.4, -0.2) is 6.88 Å². The minimum atomic E-state index is 0. The van der Waals surface area contributed by atoms with Crippen LogP contribution in [0.1, 0.15) is 81.3 Å². The van der Waals surface area contributed by atoms with E-state index < -0.39 is 0 Å². The second-order valence-electron chi connectivity index (χ2n) is 10.2. The third-order valence-corrected chi connectivity index (χ3v) is 6.03. The fourth-order valence-corrected chi connectivity index (χ4v) is 4.55. The van der Waals surface area contributed by atoms with Crippen molar-refractivity contribution in [3.05, 3.63) is 90.7 Å². The van der Waals surface area contributed by atoms with E-state index in [0.29, 0.717) is 0 Å². The molecule has 0 nitrogen and oxygen atoms in total. The van der Waals surface area contributed by atoms with Gasteiger partial charge in [-0.15, -0.1) is 27.8 Å². The van der Waals surface area contributed by atoms with Crippen molar-refractivity contribution in [2.24, 2.45) is 0 Å². The predicted molar refractivity (Wildman–Crippen MR) is 136 cm³/mol. The zero-order valence-corrected chi connectivity index (χ0v) is 24.3. The van der Waals surface area contributed by atoms with Crippen LogP contribution in [0.25, 0.3) is 16.7 Å². The van der Waals surface area contributed by atoms with Crippen molar-refractivity contribution < 1.29 is 23.3 Å². The van der Waals surface area contributed by atoms with Crippen LogP contribution in [-0.2, 0) is 40.6 Å². The number of benzene rings is 2. The molecule has 2 aliphatic carbocycles. The summed E-state index contributed by atoms with van der Waals surface area (Å²) in [4.78, 5) is 0. The van der Waals surface area contributed by atoms with Gasteiger partial charge in [-0.25, -0.2) is 0 Å². The van der Waals surface area contributed by atoms with Crippen molar-refractivity contribution in [1.82, 2.24) is 0 Å². The van der Waals surface area contributed by atoms with E-state index in [0.717, 1.165) is 12.8 Å². The van der Waals surface area contributed by atoms with E-state index in [9.17, 15) is 0 Å². The molecule has 0 heterocycles. The normalized spacial score (nSPS) is 13.8. The van der Waals surface area contributed by atoms with E-state index >= 15 is 0 Å². The van der Waals surface area contributed by atoms with E-state index in [1.165, 1.54) is 73.4 Å². The number of rotatable bonds is 1.